The molecule has 0 amide bonds. The van der Waals surface area contributed by atoms with Crippen LogP contribution in [-0.2, 0) is 11.3 Å². The van der Waals surface area contributed by atoms with Crippen LogP contribution in [0, 0.1) is 0 Å². The van der Waals surface area contributed by atoms with Gasteiger partial charge in [-0.3, -0.25) is 9.89 Å². The van der Waals surface area contributed by atoms with Crippen LogP contribution in [0.1, 0.15) is 23.2 Å². The lowest BCUT2D eigenvalue weighted by Gasteiger charge is -2.03. The lowest BCUT2D eigenvalue weighted by Crippen LogP contribution is -2.19. The topological polar surface area (TPSA) is 133 Å². The van der Waals surface area contributed by atoms with Gasteiger partial charge < -0.3 is 4.74 Å². The van der Waals surface area contributed by atoms with Crippen LogP contribution in [0.3, 0.4) is 0 Å². The molecule has 0 spiro atoms. The monoisotopic (exact) mass is 290 g/mol. The Kier molecular flexibility index (Phi) is 3.14. The van der Waals surface area contributed by atoms with Gasteiger partial charge in [0.2, 0.25) is 0 Å². The second kappa shape index (κ2) is 5.11. The first kappa shape index (κ1) is 12.9. The zero-order chi connectivity index (χ0) is 14.8. The van der Waals surface area contributed by atoms with Crippen molar-refractivity contribution in [2.45, 2.75) is 13.5 Å². The van der Waals surface area contributed by atoms with Crippen LogP contribution in [0.2, 0.25) is 0 Å². The molecule has 0 bridgehead atoms. The Morgan fingerprint density at radius 2 is 2.33 bits per heavy atom. The van der Waals surface area contributed by atoms with E-state index in [1.54, 1.807) is 6.92 Å². The molecule has 0 fully saturated rings. The Morgan fingerprint density at radius 3 is 3.14 bits per heavy atom. The molecule has 0 atom stereocenters. The van der Waals surface area contributed by atoms with E-state index in [0.717, 1.165) is 0 Å². The quantitative estimate of drug-likeness (QED) is 0.582. The number of hydrogen-bond donors (Lipinski definition) is 1. The van der Waals surface area contributed by atoms with E-state index in [1.165, 1.54) is 21.6 Å². The van der Waals surface area contributed by atoms with Gasteiger partial charge in [0, 0.05) is 6.07 Å². The van der Waals surface area contributed by atoms with E-state index in [1.807, 2.05) is 0 Å². The van der Waals surface area contributed by atoms with Crippen molar-refractivity contribution in [1.82, 2.24) is 39.8 Å². The molecule has 1 N–H and O–H groups in total. The van der Waals surface area contributed by atoms with Gasteiger partial charge in [0.15, 0.2) is 0 Å². The largest absolute Gasteiger partial charge is 0.460 e. The standard InChI is InChI=1S/C10H10N8O3/c1-2-21-9(20)8-14-15-16-17(8)4-6-3-7(19)18-10(13-6)11-5-12-18/h3,5H,2,4H2,1H3,(H,11,12,13). The van der Waals surface area contributed by atoms with E-state index in [-0.39, 0.29) is 30.3 Å². The van der Waals surface area contributed by atoms with Crippen LogP contribution < -0.4 is 5.56 Å². The highest BCUT2D eigenvalue weighted by atomic mass is 16.5. The van der Waals surface area contributed by atoms with Crippen molar-refractivity contribution in [2.75, 3.05) is 6.61 Å². The first-order valence-corrected chi connectivity index (χ1v) is 6.04. The number of nitrogens with zero attached hydrogens (tertiary/aromatic N) is 7. The van der Waals surface area contributed by atoms with Crippen molar-refractivity contribution in [2.24, 2.45) is 0 Å². The Labute approximate surface area is 116 Å². The summed E-state index contributed by atoms with van der Waals surface area (Å²) in [4.78, 5) is 31.5. The molecule has 11 nitrogen and oxygen atoms in total. The summed E-state index contributed by atoms with van der Waals surface area (Å²) in [5, 5.41) is 13.3. The summed E-state index contributed by atoms with van der Waals surface area (Å²) in [6.45, 7) is 1.95. The van der Waals surface area contributed by atoms with Crippen LogP contribution in [0.4, 0.5) is 0 Å². The summed E-state index contributed by atoms with van der Waals surface area (Å²) in [6, 6.07) is 1.31. The van der Waals surface area contributed by atoms with Gasteiger partial charge in [-0.05, 0) is 17.4 Å². The summed E-state index contributed by atoms with van der Waals surface area (Å²) in [5.74, 6) is -0.468. The Bertz CT molecular complexity index is 847. The molecule has 3 heterocycles. The molecule has 0 aliphatic heterocycles. The van der Waals surface area contributed by atoms with E-state index in [4.69, 9.17) is 4.74 Å². The number of carbonyl (C=O) groups excluding carboxylic acids is 1. The molecule has 3 aromatic rings. The van der Waals surface area contributed by atoms with Crippen LogP contribution in [-0.4, -0.2) is 52.4 Å². The number of esters is 1. The number of nitrogens with one attached hydrogen (secondary N) is 1. The highest BCUT2D eigenvalue weighted by Crippen LogP contribution is 2.01. The third kappa shape index (κ3) is 2.35. The van der Waals surface area contributed by atoms with E-state index < -0.39 is 5.97 Å². The molecule has 3 aromatic heterocycles. The number of ether oxygens (including phenoxy) is 1. The van der Waals surface area contributed by atoms with Gasteiger partial charge in [0.1, 0.15) is 6.33 Å². The average Bonchev–Trinajstić information content (AvgIpc) is 3.08. The molecule has 108 valence electrons. The highest BCUT2D eigenvalue weighted by molar-refractivity contribution is 5.85. The molecule has 11 heteroatoms. The van der Waals surface area contributed by atoms with Gasteiger partial charge in [-0.25, -0.2) is 19.4 Å². The lowest BCUT2D eigenvalue weighted by molar-refractivity contribution is 0.0505. The Morgan fingerprint density at radius 1 is 1.48 bits per heavy atom. The van der Waals surface area contributed by atoms with Crippen molar-refractivity contribution in [1.29, 1.82) is 0 Å². The number of aromatic amines is 1. The van der Waals surface area contributed by atoms with Crippen LogP contribution >= 0.6 is 0 Å². The number of aromatic nitrogens is 8. The third-order valence-electron chi connectivity index (χ3n) is 2.62. The molecule has 0 aliphatic carbocycles. The second-order valence-electron chi connectivity index (χ2n) is 3.99. The van der Waals surface area contributed by atoms with Crippen molar-refractivity contribution in [3.05, 3.63) is 34.3 Å². The smallest absolute Gasteiger partial charge is 0.378 e. The zero-order valence-electron chi connectivity index (χ0n) is 10.9. The molecule has 0 radical (unpaired) electrons. The summed E-state index contributed by atoms with van der Waals surface area (Å²) >= 11 is 0. The summed E-state index contributed by atoms with van der Waals surface area (Å²) < 4.78 is 7.24. The number of hydrogen-bond acceptors (Lipinski definition) is 8. The zero-order valence-corrected chi connectivity index (χ0v) is 10.9. The van der Waals surface area contributed by atoms with Gasteiger partial charge in [0.05, 0.1) is 18.8 Å². The fourth-order valence-electron chi connectivity index (χ4n) is 1.76. The van der Waals surface area contributed by atoms with Gasteiger partial charge in [-0.15, -0.1) is 5.10 Å². The number of fused-ring (bicyclic) bond motifs is 1. The maximum Gasteiger partial charge on any atom is 0.378 e. The molecular formula is C10H10N8O3. The Hall–Kier alpha value is -3.11. The number of tetrazole rings is 1. The molecule has 0 saturated heterocycles. The SMILES string of the molecule is CCOC(=O)c1nnnn1Cc1cc(=O)n2[nH]cnc2n1. The number of H-pyrrole nitrogens is 1. The van der Waals surface area contributed by atoms with E-state index in [2.05, 4.69) is 30.6 Å². The van der Waals surface area contributed by atoms with Gasteiger partial charge in [-0.2, -0.15) is 4.52 Å². The van der Waals surface area contributed by atoms with Gasteiger partial charge >= 0.3 is 5.97 Å². The fraction of sp³-hybridized carbons (Fsp3) is 0.300. The molecule has 21 heavy (non-hydrogen) atoms. The minimum absolute atomic E-state index is 0.0547. The van der Waals surface area contributed by atoms with Crippen LogP contribution in [0.5, 0.6) is 0 Å². The first-order chi connectivity index (χ1) is 10.2. The van der Waals surface area contributed by atoms with Gasteiger partial charge in [-0.1, -0.05) is 0 Å². The highest BCUT2D eigenvalue weighted by Gasteiger charge is 2.17. The van der Waals surface area contributed by atoms with E-state index in [0.29, 0.717) is 5.69 Å². The van der Waals surface area contributed by atoms with Crippen molar-refractivity contribution in [3.8, 4) is 0 Å². The molecule has 3 rings (SSSR count). The minimum Gasteiger partial charge on any atom is -0.460 e. The predicted octanol–water partition coefficient (Wildman–Crippen LogP) is -1.37. The molecule has 0 aromatic carbocycles. The number of carbonyl (C=O) groups is 1. The van der Waals surface area contributed by atoms with E-state index in [9.17, 15) is 9.59 Å². The summed E-state index contributed by atoms with van der Waals surface area (Å²) in [7, 11) is 0. The lowest BCUT2D eigenvalue weighted by atomic mass is 10.4. The molecular weight excluding hydrogens is 280 g/mol. The van der Waals surface area contributed by atoms with Crippen molar-refractivity contribution >= 4 is 11.7 Å². The number of rotatable bonds is 4. The van der Waals surface area contributed by atoms with E-state index >= 15 is 0 Å². The predicted molar refractivity (Wildman–Crippen MR) is 66.5 cm³/mol. The summed E-state index contributed by atoms with van der Waals surface area (Å²) in [5.41, 5.74) is 0.0585. The summed E-state index contributed by atoms with van der Waals surface area (Å²) in [6.07, 6.45) is 1.36. The van der Waals surface area contributed by atoms with Crippen molar-refractivity contribution < 1.29 is 9.53 Å². The van der Waals surface area contributed by atoms with Crippen molar-refractivity contribution in [3.63, 3.8) is 0 Å². The average molecular weight is 290 g/mol. The molecule has 0 saturated carbocycles. The van der Waals surface area contributed by atoms with Gasteiger partial charge in [0.25, 0.3) is 17.2 Å². The normalized spacial score (nSPS) is 10.9. The van der Waals surface area contributed by atoms with Crippen LogP contribution in [0.25, 0.3) is 5.78 Å². The third-order valence-corrected chi connectivity index (χ3v) is 2.62. The molecule has 0 unspecified atom stereocenters. The maximum absolute atomic E-state index is 11.8. The Balaban J connectivity index is 1.94. The minimum atomic E-state index is -0.639. The second-order valence-corrected chi connectivity index (χ2v) is 3.99. The molecule has 0 aliphatic rings. The fourth-order valence-corrected chi connectivity index (χ4v) is 1.76. The van der Waals surface area contributed by atoms with Crippen LogP contribution in [0.15, 0.2) is 17.2 Å². The first-order valence-electron chi connectivity index (χ1n) is 6.04. The maximum atomic E-state index is 11.8.